The summed E-state index contributed by atoms with van der Waals surface area (Å²) in [7, 11) is 0. The van der Waals surface area contributed by atoms with E-state index in [2.05, 4.69) is 6.58 Å². The van der Waals surface area contributed by atoms with E-state index in [1.165, 1.54) is 30.3 Å². The number of allylic oxidation sites excluding steroid dienone is 1. The number of halogens is 4. The Morgan fingerprint density at radius 2 is 1.52 bits per heavy atom. The number of carbonyl (C=O) groups is 1. The molecule has 172 valence electrons. The first-order valence-electron chi connectivity index (χ1n) is 11.1. The Morgan fingerprint density at radius 1 is 0.879 bits per heavy atom. The number of ether oxygens (including phenoxy) is 1. The van der Waals surface area contributed by atoms with Gasteiger partial charge in [0.05, 0.1) is 0 Å². The number of hydrogen-bond acceptors (Lipinski definition) is 2. The van der Waals surface area contributed by atoms with E-state index >= 15 is 0 Å². The first kappa shape index (κ1) is 23.0. The number of fused-ring (bicyclic) bond motifs is 1. The highest BCUT2D eigenvalue weighted by Crippen LogP contribution is 2.38. The molecule has 0 unspecified atom stereocenters. The van der Waals surface area contributed by atoms with Crippen LogP contribution in [-0.2, 0) is 0 Å². The molecule has 3 aromatic carbocycles. The van der Waals surface area contributed by atoms with Gasteiger partial charge in [-0.2, -0.15) is 0 Å². The predicted octanol–water partition coefficient (Wildman–Crippen LogP) is 7.86. The topological polar surface area (TPSA) is 26.3 Å². The largest absolute Gasteiger partial charge is 0.423 e. The fourth-order valence-electron chi connectivity index (χ4n) is 4.60. The van der Waals surface area contributed by atoms with Crippen LogP contribution in [0.4, 0.5) is 17.6 Å². The van der Waals surface area contributed by atoms with Crippen molar-refractivity contribution in [1.82, 2.24) is 0 Å². The summed E-state index contributed by atoms with van der Waals surface area (Å²) in [6.07, 6.45) is 7.65. The highest BCUT2D eigenvalue weighted by Gasteiger charge is 2.26. The third kappa shape index (κ3) is 5.10. The smallest absolute Gasteiger partial charge is 0.349 e. The lowest BCUT2D eigenvalue weighted by Gasteiger charge is -2.28. The second kappa shape index (κ2) is 9.77. The maximum absolute atomic E-state index is 14.8. The molecule has 2 nitrogen and oxygen atoms in total. The molecule has 4 rings (SSSR count). The summed E-state index contributed by atoms with van der Waals surface area (Å²) in [6, 6.07) is 8.50. The minimum atomic E-state index is -1.19. The van der Waals surface area contributed by atoms with Gasteiger partial charge in [-0.05, 0) is 103 Å². The standard InChI is InChI=1S/C27H24F4O2/c1-2-3-4-16-5-7-17(8-6-16)20-14-24(30)26(25(31)15-20)27(32)33-21-10-9-18-12-22(28)23(29)13-19(18)11-21/h2,9-17H,1,3-8H2. The van der Waals surface area contributed by atoms with E-state index in [9.17, 15) is 22.4 Å². The molecule has 33 heavy (non-hydrogen) atoms. The molecule has 6 heteroatoms. The Hall–Kier alpha value is -3.15. The van der Waals surface area contributed by atoms with Gasteiger partial charge in [0.25, 0.3) is 0 Å². The van der Waals surface area contributed by atoms with E-state index in [0.717, 1.165) is 50.7 Å². The van der Waals surface area contributed by atoms with E-state index in [-0.39, 0.29) is 11.7 Å². The third-order valence-corrected chi connectivity index (χ3v) is 6.43. The lowest BCUT2D eigenvalue weighted by Crippen LogP contribution is -2.16. The molecule has 0 aliphatic heterocycles. The van der Waals surface area contributed by atoms with Crippen molar-refractivity contribution in [2.75, 3.05) is 0 Å². The second-order valence-electron chi connectivity index (χ2n) is 8.61. The monoisotopic (exact) mass is 456 g/mol. The van der Waals surface area contributed by atoms with Crippen LogP contribution in [0.25, 0.3) is 10.8 Å². The number of rotatable bonds is 6. The zero-order chi connectivity index (χ0) is 23.5. The zero-order valence-corrected chi connectivity index (χ0v) is 18.1. The lowest BCUT2D eigenvalue weighted by atomic mass is 9.77. The van der Waals surface area contributed by atoms with E-state index in [4.69, 9.17) is 4.74 Å². The Morgan fingerprint density at radius 3 is 2.15 bits per heavy atom. The molecule has 0 aromatic heterocycles. The maximum Gasteiger partial charge on any atom is 0.349 e. The van der Waals surface area contributed by atoms with Crippen molar-refractivity contribution < 1.29 is 27.1 Å². The van der Waals surface area contributed by atoms with Crippen molar-refractivity contribution in [2.24, 2.45) is 5.92 Å². The fraction of sp³-hybridized carbons (Fsp3) is 0.296. The molecule has 3 aromatic rings. The van der Waals surface area contributed by atoms with Gasteiger partial charge in [-0.15, -0.1) is 6.58 Å². The van der Waals surface area contributed by atoms with Gasteiger partial charge in [0.2, 0.25) is 0 Å². The number of benzene rings is 3. The van der Waals surface area contributed by atoms with Gasteiger partial charge in [-0.25, -0.2) is 22.4 Å². The van der Waals surface area contributed by atoms with Gasteiger partial charge in [0, 0.05) is 0 Å². The van der Waals surface area contributed by atoms with E-state index < -0.39 is 34.8 Å². The number of esters is 1. The van der Waals surface area contributed by atoms with Gasteiger partial charge >= 0.3 is 5.97 Å². The third-order valence-electron chi connectivity index (χ3n) is 6.43. The van der Waals surface area contributed by atoms with Crippen LogP contribution in [0.3, 0.4) is 0 Å². The van der Waals surface area contributed by atoms with Crippen LogP contribution in [0, 0.1) is 29.2 Å². The normalized spacial score (nSPS) is 18.3. The van der Waals surface area contributed by atoms with E-state index in [1.54, 1.807) is 0 Å². The van der Waals surface area contributed by atoms with Crippen LogP contribution >= 0.6 is 0 Å². The van der Waals surface area contributed by atoms with Crippen molar-refractivity contribution in [2.45, 2.75) is 44.4 Å². The molecule has 0 amide bonds. The quantitative estimate of drug-likeness (QED) is 0.163. The minimum Gasteiger partial charge on any atom is -0.423 e. The Balaban J connectivity index is 1.49. The summed E-state index contributed by atoms with van der Waals surface area (Å²) >= 11 is 0. The summed E-state index contributed by atoms with van der Waals surface area (Å²) in [6.45, 7) is 3.75. The fourth-order valence-corrected chi connectivity index (χ4v) is 4.60. The molecule has 1 aliphatic rings. The summed E-state index contributed by atoms with van der Waals surface area (Å²) in [5.41, 5.74) is -0.226. The van der Waals surface area contributed by atoms with E-state index in [0.29, 0.717) is 22.3 Å². The van der Waals surface area contributed by atoms with E-state index in [1.807, 2.05) is 6.08 Å². The lowest BCUT2D eigenvalue weighted by molar-refractivity contribution is 0.0724. The van der Waals surface area contributed by atoms with Crippen LogP contribution in [-0.4, -0.2) is 5.97 Å². The van der Waals surface area contributed by atoms with Crippen molar-refractivity contribution in [3.63, 3.8) is 0 Å². The van der Waals surface area contributed by atoms with Gasteiger partial charge in [0.15, 0.2) is 11.6 Å². The molecule has 0 atom stereocenters. The molecule has 1 fully saturated rings. The summed E-state index contributed by atoms with van der Waals surface area (Å²) in [5.74, 6) is -4.55. The highest BCUT2D eigenvalue weighted by molar-refractivity contribution is 5.92. The molecule has 0 heterocycles. The Labute approximate surface area is 189 Å². The van der Waals surface area contributed by atoms with Gasteiger partial charge in [-0.1, -0.05) is 12.1 Å². The van der Waals surface area contributed by atoms with Crippen LogP contribution < -0.4 is 4.74 Å². The first-order chi connectivity index (χ1) is 15.9. The second-order valence-corrected chi connectivity index (χ2v) is 8.61. The predicted molar refractivity (Wildman–Crippen MR) is 119 cm³/mol. The highest BCUT2D eigenvalue weighted by atomic mass is 19.2. The number of hydrogen-bond donors (Lipinski definition) is 0. The number of carbonyl (C=O) groups excluding carboxylic acids is 1. The molecule has 0 spiro atoms. The molecule has 1 saturated carbocycles. The van der Waals surface area contributed by atoms with Crippen molar-refractivity contribution in [1.29, 1.82) is 0 Å². The van der Waals surface area contributed by atoms with Gasteiger partial charge < -0.3 is 4.74 Å². The van der Waals surface area contributed by atoms with Crippen LogP contribution in [0.15, 0.2) is 55.1 Å². The molecule has 0 saturated heterocycles. The molecule has 0 radical (unpaired) electrons. The Bertz CT molecular complexity index is 1170. The van der Waals surface area contributed by atoms with Crippen molar-refractivity contribution >= 4 is 16.7 Å². The van der Waals surface area contributed by atoms with Crippen LogP contribution in [0.5, 0.6) is 5.75 Å². The summed E-state index contributed by atoms with van der Waals surface area (Å²) < 4.78 is 61.5. The molecule has 0 bridgehead atoms. The maximum atomic E-state index is 14.8. The van der Waals surface area contributed by atoms with Crippen LogP contribution in [0.1, 0.15) is 60.4 Å². The average Bonchev–Trinajstić information content (AvgIpc) is 2.78. The zero-order valence-electron chi connectivity index (χ0n) is 18.1. The average molecular weight is 456 g/mol. The Kier molecular flexibility index (Phi) is 6.82. The van der Waals surface area contributed by atoms with Crippen molar-refractivity contribution in [3.05, 3.63) is 89.5 Å². The first-order valence-corrected chi connectivity index (χ1v) is 11.1. The summed E-state index contributed by atoms with van der Waals surface area (Å²) in [5, 5.41) is 0.689. The van der Waals surface area contributed by atoms with Crippen molar-refractivity contribution in [3.8, 4) is 5.75 Å². The van der Waals surface area contributed by atoms with Gasteiger partial charge in [-0.3, -0.25) is 0 Å². The van der Waals surface area contributed by atoms with Gasteiger partial charge in [0.1, 0.15) is 22.9 Å². The molecular formula is C27H24F4O2. The SMILES string of the molecule is C=CCCC1CCC(c2cc(F)c(C(=O)Oc3ccc4cc(F)c(F)cc4c3)c(F)c2)CC1. The molecule has 0 N–H and O–H groups in total. The molecule has 1 aliphatic carbocycles. The van der Waals surface area contributed by atoms with Crippen LogP contribution in [0.2, 0.25) is 0 Å². The molecular weight excluding hydrogens is 432 g/mol. The summed E-state index contributed by atoms with van der Waals surface area (Å²) in [4.78, 5) is 12.5. The minimum absolute atomic E-state index is 0.0285.